The van der Waals surface area contributed by atoms with Gasteiger partial charge in [0.1, 0.15) is 25.5 Å². The Bertz CT molecular complexity index is 758. The summed E-state index contributed by atoms with van der Waals surface area (Å²) < 4.78 is 12.6. The molecule has 0 amide bonds. The minimum absolute atomic E-state index is 0.0247. The van der Waals surface area contributed by atoms with E-state index in [1.54, 1.807) is 12.1 Å². The number of nitro benzene ring substituents is 1. The lowest BCUT2D eigenvalue weighted by Crippen LogP contribution is -2.50. The van der Waals surface area contributed by atoms with Gasteiger partial charge in [0, 0.05) is 12.1 Å². The van der Waals surface area contributed by atoms with E-state index in [9.17, 15) is 10.1 Å². The molecule has 0 radical (unpaired) electrons. The van der Waals surface area contributed by atoms with Crippen molar-refractivity contribution in [2.75, 3.05) is 33.3 Å². The second kappa shape index (κ2) is 8.86. The Morgan fingerprint density at radius 2 is 1.78 bits per heavy atom. The van der Waals surface area contributed by atoms with Gasteiger partial charge >= 0.3 is 5.69 Å². The molecule has 1 heterocycles. The zero-order valence-corrected chi connectivity index (χ0v) is 15.8. The highest BCUT2D eigenvalue weighted by molar-refractivity contribution is 5.50. The second-order valence-corrected chi connectivity index (χ2v) is 7.36. The van der Waals surface area contributed by atoms with Gasteiger partial charge in [0.15, 0.2) is 0 Å². The van der Waals surface area contributed by atoms with Crippen molar-refractivity contribution in [1.29, 1.82) is 0 Å². The van der Waals surface area contributed by atoms with Gasteiger partial charge in [-0.15, -0.1) is 0 Å². The highest BCUT2D eigenvalue weighted by Gasteiger charge is 2.25. The van der Waals surface area contributed by atoms with Crippen LogP contribution in [0.5, 0.6) is 11.5 Å². The van der Waals surface area contributed by atoms with Gasteiger partial charge in [0.25, 0.3) is 0 Å². The number of ether oxygens (including phenoxy) is 2. The summed E-state index contributed by atoms with van der Waals surface area (Å²) in [5.41, 5.74) is 1.02. The van der Waals surface area contributed by atoms with Crippen molar-refractivity contribution in [3.63, 3.8) is 0 Å². The molecule has 0 spiro atoms. The average Bonchev–Trinajstić information content (AvgIpc) is 2.67. The Morgan fingerprint density at radius 1 is 1.04 bits per heavy atom. The van der Waals surface area contributed by atoms with E-state index in [0.29, 0.717) is 19.0 Å². The van der Waals surface area contributed by atoms with Crippen LogP contribution in [0.1, 0.15) is 24.8 Å². The molecule has 1 saturated heterocycles. The van der Waals surface area contributed by atoms with Gasteiger partial charge in [-0.05, 0) is 30.9 Å². The third-order valence-electron chi connectivity index (χ3n) is 5.16. The van der Waals surface area contributed by atoms with Crippen molar-refractivity contribution in [3.8, 4) is 11.5 Å². The maximum absolute atomic E-state index is 11.3. The first kappa shape index (κ1) is 19.2. The molecule has 0 bridgehead atoms. The van der Waals surface area contributed by atoms with E-state index < -0.39 is 4.92 Å². The monoisotopic (exact) mass is 371 g/mol. The van der Waals surface area contributed by atoms with Crippen LogP contribution in [0.3, 0.4) is 0 Å². The molecule has 2 aromatic carbocycles. The lowest BCUT2D eigenvalue weighted by molar-refractivity contribution is -0.914. The van der Waals surface area contributed by atoms with E-state index in [0.717, 1.165) is 29.7 Å². The summed E-state index contributed by atoms with van der Waals surface area (Å²) in [5, 5.41) is 11.3. The van der Waals surface area contributed by atoms with E-state index in [1.165, 1.54) is 25.3 Å². The summed E-state index contributed by atoms with van der Waals surface area (Å²) in [5.74, 6) is 0.840. The third-order valence-corrected chi connectivity index (χ3v) is 5.16. The predicted octanol–water partition coefficient (Wildman–Crippen LogP) is 4.18. The summed E-state index contributed by atoms with van der Waals surface area (Å²) >= 11 is 0. The second-order valence-electron chi connectivity index (χ2n) is 7.36. The van der Waals surface area contributed by atoms with E-state index >= 15 is 0 Å². The van der Waals surface area contributed by atoms with E-state index in [4.69, 9.17) is 9.47 Å². The smallest absolute Gasteiger partial charge is 0.311 e. The SMILES string of the molecule is C[N+]1(CCOc2cc(OCc3ccccc3)ccc2[N+](=O)[O-])CCCCC1. The Kier molecular flexibility index (Phi) is 6.29. The number of hydrogen-bond acceptors (Lipinski definition) is 4. The van der Waals surface area contributed by atoms with Crippen LogP contribution >= 0.6 is 0 Å². The molecule has 3 rings (SSSR count). The topological polar surface area (TPSA) is 61.6 Å². The number of nitrogens with zero attached hydrogens (tertiary/aromatic N) is 2. The highest BCUT2D eigenvalue weighted by atomic mass is 16.6. The molecular weight excluding hydrogens is 344 g/mol. The minimum atomic E-state index is -0.409. The molecule has 0 saturated carbocycles. The average molecular weight is 371 g/mol. The Hall–Kier alpha value is -2.60. The van der Waals surface area contributed by atoms with Gasteiger partial charge in [-0.2, -0.15) is 0 Å². The van der Waals surface area contributed by atoms with Crippen LogP contribution < -0.4 is 9.47 Å². The van der Waals surface area contributed by atoms with Crippen molar-refractivity contribution < 1.29 is 18.9 Å². The third kappa shape index (κ3) is 5.44. The van der Waals surface area contributed by atoms with Crippen molar-refractivity contribution in [2.45, 2.75) is 25.9 Å². The summed E-state index contributed by atoms with van der Waals surface area (Å²) in [6.45, 7) is 4.01. The van der Waals surface area contributed by atoms with Gasteiger partial charge in [-0.1, -0.05) is 30.3 Å². The highest BCUT2D eigenvalue weighted by Crippen LogP contribution is 2.31. The number of nitro groups is 1. The molecule has 1 aliphatic heterocycles. The summed E-state index contributed by atoms with van der Waals surface area (Å²) in [4.78, 5) is 10.9. The van der Waals surface area contributed by atoms with Gasteiger partial charge in [0.05, 0.1) is 25.1 Å². The molecule has 1 fully saturated rings. The lowest BCUT2D eigenvalue weighted by atomic mass is 10.1. The molecule has 0 aliphatic carbocycles. The summed E-state index contributed by atoms with van der Waals surface area (Å²) in [6.07, 6.45) is 3.76. The van der Waals surface area contributed by atoms with Crippen molar-refractivity contribution in [2.24, 2.45) is 0 Å². The normalized spacial score (nSPS) is 15.9. The van der Waals surface area contributed by atoms with Crippen molar-refractivity contribution in [1.82, 2.24) is 0 Å². The molecule has 144 valence electrons. The molecule has 27 heavy (non-hydrogen) atoms. The fourth-order valence-corrected chi connectivity index (χ4v) is 3.47. The number of rotatable bonds is 8. The first-order chi connectivity index (χ1) is 13.1. The van der Waals surface area contributed by atoms with E-state index in [1.807, 2.05) is 30.3 Å². The fourth-order valence-electron chi connectivity index (χ4n) is 3.47. The molecule has 0 unspecified atom stereocenters. The standard InChI is InChI=1S/C21H27N2O4/c1-23(12-6-3-7-13-23)14-15-26-21-16-19(10-11-20(21)22(24)25)27-17-18-8-4-2-5-9-18/h2,4-5,8-11,16H,3,6-7,12-15,17H2,1H3/q+1. The van der Waals surface area contributed by atoms with Crippen LogP contribution in [0.25, 0.3) is 0 Å². The Morgan fingerprint density at radius 3 is 2.48 bits per heavy atom. The number of likely N-dealkylation sites (tertiary alicyclic amines) is 1. The van der Waals surface area contributed by atoms with Crippen LogP contribution in [-0.4, -0.2) is 42.7 Å². The number of quaternary nitrogens is 1. The van der Waals surface area contributed by atoms with Crippen LogP contribution in [0.2, 0.25) is 0 Å². The van der Waals surface area contributed by atoms with Crippen molar-refractivity contribution >= 4 is 5.69 Å². The van der Waals surface area contributed by atoms with E-state index in [-0.39, 0.29) is 11.4 Å². The van der Waals surface area contributed by atoms with Crippen LogP contribution in [0.15, 0.2) is 48.5 Å². The molecule has 0 N–H and O–H groups in total. The molecular formula is C21H27N2O4+. The van der Waals surface area contributed by atoms with Crippen LogP contribution in [0.4, 0.5) is 5.69 Å². The number of likely N-dealkylation sites (N-methyl/N-ethyl adjacent to an activating group) is 1. The fraction of sp³-hybridized carbons (Fsp3) is 0.429. The molecule has 0 aromatic heterocycles. The molecule has 1 aliphatic rings. The zero-order valence-electron chi connectivity index (χ0n) is 15.8. The predicted molar refractivity (Wildman–Crippen MR) is 104 cm³/mol. The van der Waals surface area contributed by atoms with Gasteiger partial charge in [-0.25, -0.2) is 0 Å². The molecule has 6 nitrogen and oxygen atoms in total. The van der Waals surface area contributed by atoms with E-state index in [2.05, 4.69) is 7.05 Å². The maximum atomic E-state index is 11.3. The molecule has 2 aromatic rings. The largest absolute Gasteiger partial charge is 0.489 e. The Labute approximate surface area is 160 Å². The summed E-state index contributed by atoms with van der Waals surface area (Å²) in [6, 6.07) is 14.5. The minimum Gasteiger partial charge on any atom is -0.489 e. The first-order valence-corrected chi connectivity index (χ1v) is 9.47. The number of piperidine rings is 1. The van der Waals surface area contributed by atoms with Gasteiger partial charge in [0.2, 0.25) is 5.75 Å². The molecule has 0 atom stereocenters. The summed E-state index contributed by atoms with van der Waals surface area (Å²) in [7, 11) is 2.23. The van der Waals surface area contributed by atoms with Gasteiger partial charge < -0.3 is 14.0 Å². The van der Waals surface area contributed by atoms with Gasteiger partial charge in [-0.3, -0.25) is 10.1 Å². The van der Waals surface area contributed by atoms with Crippen LogP contribution in [0, 0.1) is 10.1 Å². The zero-order chi connectivity index (χ0) is 19.1. The number of benzene rings is 2. The molecule has 6 heteroatoms. The lowest BCUT2D eigenvalue weighted by Gasteiger charge is -2.37. The first-order valence-electron chi connectivity index (χ1n) is 9.47. The quantitative estimate of drug-likeness (QED) is 0.397. The maximum Gasteiger partial charge on any atom is 0.311 e. The van der Waals surface area contributed by atoms with Crippen LogP contribution in [-0.2, 0) is 6.61 Å². The van der Waals surface area contributed by atoms with Crippen molar-refractivity contribution in [3.05, 3.63) is 64.2 Å². The Balaban J connectivity index is 1.63. The number of hydrogen-bond donors (Lipinski definition) is 0.